The minimum Gasteiger partial charge on any atom is -0.497 e. The van der Waals surface area contributed by atoms with Gasteiger partial charge in [0.15, 0.2) is 0 Å². The van der Waals surface area contributed by atoms with Crippen LogP contribution in [0.1, 0.15) is 11.7 Å². The fourth-order valence-electron chi connectivity index (χ4n) is 1.61. The van der Waals surface area contributed by atoms with E-state index in [1.165, 1.54) is 0 Å². The first-order chi connectivity index (χ1) is 9.31. The molecule has 0 heterocycles. The summed E-state index contributed by atoms with van der Waals surface area (Å²) in [6, 6.07) is 7.72. The molecule has 0 spiro atoms. The van der Waals surface area contributed by atoms with Crippen molar-refractivity contribution in [2.45, 2.75) is 6.10 Å². The Morgan fingerprint density at radius 2 is 1.68 bits per heavy atom. The van der Waals surface area contributed by atoms with E-state index in [1.807, 2.05) is 24.3 Å². The van der Waals surface area contributed by atoms with E-state index in [1.54, 1.807) is 14.2 Å². The first kappa shape index (κ1) is 15.9. The molecule has 0 radical (unpaired) electrons. The fraction of sp³-hybridized carbons (Fsp3) is 0.571. The van der Waals surface area contributed by atoms with Crippen LogP contribution in [0.4, 0.5) is 0 Å². The molecule has 108 valence electrons. The molecular formula is C14H23NO4. The van der Waals surface area contributed by atoms with Crippen LogP contribution < -0.4 is 10.5 Å². The third-order valence-electron chi connectivity index (χ3n) is 2.68. The zero-order chi connectivity index (χ0) is 13.9. The lowest BCUT2D eigenvalue weighted by atomic mass is 10.1. The van der Waals surface area contributed by atoms with Gasteiger partial charge in [0, 0.05) is 13.7 Å². The molecule has 1 unspecified atom stereocenters. The summed E-state index contributed by atoms with van der Waals surface area (Å²) < 4.78 is 21.0. The van der Waals surface area contributed by atoms with Crippen molar-refractivity contribution < 1.29 is 18.9 Å². The van der Waals surface area contributed by atoms with Crippen LogP contribution in [0.25, 0.3) is 0 Å². The quantitative estimate of drug-likeness (QED) is 0.650. The summed E-state index contributed by atoms with van der Waals surface area (Å²) in [5.74, 6) is 0.822. The molecule has 5 nitrogen and oxygen atoms in total. The van der Waals surface area contributed by atoms with E-state index in [2.05, 4.69) is 0 Å². The van der Waals surface area contributed by atoms with Gasteiger partial charge in [-0.3, -0.25) is 0 Å². The summed E-state index contributed by atoms with van der Waals surface area (Å²) in [6.07, 6.45) is -0.114. The molecule has 5 heteroatoms. The van der Waals surface area contributed by atoms with Gasteiger partial charge in [-0.15, -0.1) is 0 Å². The Balaban J connectivity index is 2.31. The maximum atomic E-state index is 5.72. The number of hydrogen-bond donors (Lipinski definition) is 1. The largest absolute Gasteiger partial charge is 0.497 e. The molecule has 0 saturated carbocycles. The lowest BCUT2D eigenvalue weighted by molar-refractivity contribution is -0.00423. The van der Waals surface area contributed by atoms with Gasteiger partial charge in [0.25, 0.3) is 0 Å². The molecule has 0 aliphatic rings. The summed E-state index contributed by atoms with van der Waals surface area (Å²) >= 11 is 0. The molecule has 1 rings (SSSR count). The summed E-state index contributed by atoms with van der Waals surface area (Å²) in [7, 11) is 3.29. The highest BCUT2D eigenvalue weighted by Crippen LogP contribution is 2.19. The molecule has 0 fully saturated rings. The molecular weight excluding hydrogens is 246 g/mol. The van der Waals surface area contributed by atoms with Crippen LogP contribution in [0.2, 0.25) is 0 Å². The second-order valence-corrected chi connectivity index (χ2v) is 3.97. The molecule has 1 aromatic carbocycles. The van der Waals surface area contributed by atoms with E-state index in [9.17, 15) is 0 Å². The van der Waals surface area contributed by atoms with Crippen LogP contribution in [0, 0.1) is 0 Å². The highest BCUT2D eigenvalue weighted by Gasteiger charge is 2.09. The monoisotopic (exact) mass is 269 g/mol. The second kappa shape index (κ2) is 9.75. The van der Waals surface area contributed by atoms with Gasteiger partial charge in [0.1, 0.15) is 5.75 Å². The summed E-state index contributed by atoms with van der Waals surface area (Å²) in [5, 5.41) is 0. The second-order valence-electron chi connectivity index (χ2n) is 3.97. The van der Waals surface area contributed by atoms with Gasteiger partial charge >= 0.3 is 0 Å². The lowest BCUT2D eigenvalue weighted by Crippen LogP contribution is -2.18. The molecule has 1 aromatic rings. The molecule has 2 N–H and O–H groups in total. The first-order valence-corrected chi connectivity index (χ1v) is 6.34. The highest BCUT2D eigenvalue weighted by atomic mass is 16.5. The van der Waals surface area contributed by atoms with E-state index >= 15 is 0 Å². The van der Waals surface area contributed by atoms with E-state index in [0.29, 0.717) is 33.0 Å². The van der Waals surface area contributed by atoms with Crippen LogP contribution in [0.5, 0.6) is 5.75 Å². The summed E-state index contributed by atoms with van der Waals surface area (Å²) in [5.41, 5.74) is 6.76. The molecule has 0 amide bonds. The first-order valence-electron chi connectivity index (χ1n) is 6.34. The molecule has 0 aromatic heterocycles. The number of ether oxygens (including phenoxy) is 4. The van der Waals surface area contributed by atoms with Crippen molar-refractivity contribution in [1.29, 1.82) is 0 Å². The van der Waals surface area contributed by atoms with Crippen molar-refractivity contribution >= 4 is 0 Å². The van der Waals surface area contributed by atoms with Crippen LogP contribution in [0.3, 0.4) is 0 Å². The molecule has 0 aliphatic heterocycles. The average Bonchev–Trinajstić information content (AvgIpc) is 2.47. The predicted molar refractivity (Wildman–Crippen MR) is 73.4 cm³/mol. The Morgan fingerprint density at radius 1 is 1.00 bits per heavy atom. The van der Waals surface area contributed by atoms with E-state index < -0.39 is 0 Å². The van der Waals surface area contributed by atoms with Crippen molar-refractivity contribution in [2.24, 2.45) is 5.73 Å². The predicted octanol–water partition coefficient (Wildman–Crippen LogP) is 1.37. The van der Waals surface area contributed by atoms with E-state index in [0.717, 1.165) is 11.3 Å². The standard InChI is InChI=1S/C14H23NO4/c1-16-7-8-18-9-10-19-14(11-15)12-3-5-13(17-2)6-4-12/h3-6,14H,7-11,15H2,1-2H3. The SMILES string of the molecule is COCCOCCOC(CN)c1ccc(OC)cc1. The lowest BCUT2D eigenvalue weighted by Gasteiger charge is -2.16. The number of methoxy groups -OCH3 is 2. The fourth-order valence-corrected chi connectivity index (χ4v) is 1.61. The molecule has 0 bridgehead atoms. The van der Waals surface area contributed by atoms with Gasteiger partial charge in [0.05, 0.1) is 39.6 Å². The van der Waals surface area contributed by atoms with Gasteiger partial charge in [-0.1, -0.05) is 12.1 Å². The minimum atomic E-state index is -0.114. The minimum absolute atomic E-state index is 0.114. The maximum Gasteiger partial charge on any atom is 0.118 e. The third kappa shape index (κ3) is 6.02. The van der Waals surface area contributed by atoms with Gasteiger partial charge in [0.2, 0.25) is 0 Å². The topological polar surface area (TPSA) is 62.9 Å². The molecule has 0 aliphatic carbocycles. The third-order valence-corrected chi connectivity index (χ3v) is 2.68. The Kier molecular flexibility index (Phi) is 8.16. The van der Waals surface area contributed by atoms with E-state index in [-0.39, 0.29) is 6.10 Å². The Bertz CT molecular complexity index is 329. The van der Waals surface area contributed by atoms with Crippen LogP contribution in [-0.4, -0.2) is 47.2 Å². The van der Waals surface area contributed by atoms with Crippen molar-refractivity contribution in [3.8, 4) is 5.75 Å². The summed E-state index contributed by atoms with van der Waals surface area (Å²) in [4.78, 5) is 0. The molecule has 19 heavy (non-hydrogen) atoms. The Hall–Kier alpha value is -1.14. The van der Waals surface area contributed by atoms with Gasteiger partial charge in [-0.2, -0.15) is 0 Å². The van der Waals surface area contributed by atoms with Crippen molar-refractivity contribution in [3.05, 3.63) is 29.8 Å². The van der Waals surface area contributed by atoms with Crippen LogP contribution in [0.15, 0.2) is 24.3 Å². The number of nitrogens with two attached hydrogens (primary N) is 1. The maximum absolute atomic E-state index is 5.72. The number of rotatable bonds is 10. The van der Waals surface area contributed by atoms with Gasteiger partial charge in [-0.05, 0) is 17.7 Å². The average molecular weight is 269 g/mol. The normalized spacial score (nSPS) is 12.4. The number of benzene rings is 1. The van der Waals surface area contributed by atoms with Crippen LogP contribution in [-0.2, 0) is 14.2 Å². The Labute approximate surface area is 114 Å². The number of hydrogen-bond acceptors (Lipinski definition) is 5. The van der Waals surface area contributed by atoms with Gasteiger partial charge in [-0.25, -0.2) is 0 Å². The van der Waals surface area contributed by atoms with Crippen molar-refractivity contribution in [3.63, 3.8) is 0 Å². The van der Waals surface area contributed by atoms with Gasteiger partial charge < -0.3 is 24.7 Å². The zero-order valence-electron chi connectivity index (χ0n) is 11.6. The van der Waals surface area contributed by atoms with Crippen molar-refractivity contribution in [2.75, 3.05) is 47.2 Å². The van der Waals surface area contributed by atoms with Crippen molar-refractivity contribution in [1.82, 2.24) is 0 Å². The zero-order valence-corrected chi connectivity index (χ0v) is 11.6. The Morgan fingerprint density at radius 3 is 2.26 bits per heavy atom. The van der Waals surface area contributed by atoms with E-state index in [4.69, 9.17) is 24.7 Å². The molecule has 1 atom stereocenters. The summed E-state index contributed by atoms with van der Waals surface area (Å²) in [6.45, 7) is 2.66. The highest BCUT2D eigenvalue weighted by molar-refractivity contribution is 5.28. The van der Waals surface area contributed by atoms with Crippen LogP contribution >= 0.6 is 0 Å². The molecule has 0 saturated heterocycles. The smallest absolute Gasteiger partial charge is 0.118 e.